The van der Waals surface area contributed by atoms with Gasteiger partial charge in [0.05, 0.1) is 0 Å². The number of likely N-dealkylation sites (tertiary alicyclic amines) is 1. The van der Waals surface area contributed by atoms with Gasteiger partial charge in [-0.2, -0.15) is 0 Å². The van der Waals surface area contributed by atoms with Crippen molar-refractivity contribution in [2.24, 2.45) is 0 Å². The van der Waals surface area contributed by atoms with Gasteiger partial charge in [0.25, 0.3) is 5.91 Å². The standard InChI is InChI=1S/C21H29N5O3S/c1-15-5-7-17(8-6-15)23-20(28)21-25-24-19(30-21)14-29-13-18(27)22-10-9-16(2)26-11-3-4-12-26/h5-8,16H,3-4,9-14H2,1-2H3,(H,22,27)(H,23,28). The predicted octanol–water partition coefficient (Wildman–Crippen LogP) is 2.61. The summed E-state index contributed by atoms with van der Waals surface area (Å²) in [6.45, 7) is 7.25. The molecule has 1 atom stereocenters. The lowest BCUT2D eigenvalue weighted by Gasteiger charge is -2.23. The number of aromatic nitrogens is 2. The van der Waals surface area contributed by atoms with Crippen molar-refractivity contribution in [2.45, 2.75) is 45.8 Å². The molecule has 1 saturated heterocycles. The average Bonchev–Trinajstić information content (AvgIpc) is 3.42. The Balaban J connectivity index is 1.33. The Morgan fingerprint density at radius 2 is 1.93 bits per heavy atom. The molecule has 2 heterocycles. The zero-order valence-electron chi connectivity index (χ0n) is 17.5. The second-order valence-corrected chi connectivity index (χ2v) is 8.61. The maximum Gasteiger partial charge on any atom is 0.286 e. The third kappa shape index (κ3) is 6.86. The van der Waals surface area contributed by atoms with Gasteiger partial charge in [-0.1, -0.05) is 29.0 Å². The van der Waals surface area contributed by atoms with Crippen LogP contribution in [0, 0.1) is 6.92 Å². The lowest BCUT2D eigenvalue weighted by atomic mass is 10.2. The number of carbonyl (C=O) groups is 2. The van der Waals surface area contributed by atoms with E-state index >= 15 is 0 Å². The number of hydrogen-bond acceptors (Lipinski definition) is 7. The summed E-state index contributed by atoms with van der Waals surface area (Å²) in [6.07, 6.45) is 3.47. The largest absolute Gasteiger partial charge is 0.364 e. The number of aryl methyl sites for hydroxylation is 1. The molecule has 1 aliphatic heterocycles. The Labute approximate surface area is 181 Å². The maximum atomic E-state index is 12.3. The van der Waals surface area contributed by atoms with Crippen LogP contribution in [0.3, 0.4) is 0 Å². The maximum absolute atomic E-state index is 12.3. The van der Waals surface area contributed by atoms with Crippen molar-refractivity contribution >= 4 is 28.8 Å². The van der Waals surface area contributed by atoms with Crippen LogP contribution in [0.5, 0.6) is 0 Å². The highest BCUT2D eigenvalue weighted by atomic mass is 32.1. The fourth-order valence-electron chi connectivity index (χ4n) is 3.29. The molecule has 8 nitrogen and oxygen atoms in total. The van der Waals surface area contributed by atoms with Crippen molar-refractivity contribution in [3.05, 3.63) is 39.8 Å². The summed E-state index contributed by atoms with van der Waals surface area (Å²) in [7, 11) is 0. The number of ether oxygens (including phenoxy) is 1. The molecule has 0 aliphatic carbocycles. The van der Waals surface area contributed by atoms with Crippen LogP contribution < -0.4 is 10.6 Å². The van der Waals surface area contributed by atoms with Crippen LogP contribution >= 0.6 is 11.3 Å². The number of benzene rings is 1. The van der Waals surface area contributed by atoms with Gasteiger partial charge in [-0.15, -0.1) is 10.2 Å². The first kappa shape index (κ1) is 22.3. The number of rotatable bonds is 10. The average molecular weight is 432 g/mol. The second kappa shape index (κ2) is 11.1. The molecule has 2 aromatic rings. The molecule has 1 aliphatic rings. The second-order valence-electron chi connectivity index (χ2n) is 7.54. The lowest BCUT2D eigenvalue weighted by molar-refractivity contribution is -0.126. The summed E-state index contributed by atoms with van der Waals surface area (Å²) in [5.74, 6) is -0.460. The van der Waals surface area contributed by atoms with E-state index in [0.717, 1.165) is 36.4 Å². The van der Waals surface area contributed by atoms with Crippen LogP contribution in [0.4, 0.5) is 5.69 Å². The first-order valence-electron chi connectivity index (χ1n) is 10.3. The predicted molar refractivity (Wildman–Crippen MR) is 117 cm³/mol. The Hall–Kier alpha value is -2.36. The summed E-state index contributed by atoms with van der Waals surface area (Å²) >= 11 is 1.15. The fourth-order valence-corrected chi connectivity index (χ4v) is 3.97. The van der Waals surface area contributed by atoms with Crippen LogP contribution in [-0.4, -0.2) is 59.2 Å². The summed E-state index contributed by atoms with van der Waals surface area (Å²) in [4.78, 5) is 26.6. The van der Waals surface area contributed by atoms with Gasteiger partial charge in [0.1, 0.15) is 18.2 Å². The van der Waals surface area contributed by atoms with Crippen LogP contribution in [-0.2, 0) is 16.1 Å². The number of nitrogens with zero attached hydrogens (tertiary/aromatic N) is 3. The summed E-state index contributed by atoms with van der Waals surface area (Å²) in [6, 6.07) is 8.01. The van der Waals surface area contributed by atoms with Gasteiger partial charge in [0, 0.05) is 18.3 Å². The van der Waals surface area contributed by atoms with E-state index in [4.69, 9.17) is 4.74 Å². The number of nitrogens with one attached hydrogen (secondary N) is 2. The molecule has 0 saturated carbocycles. The Morgan fingerprint density at radius 3 is 2.67 bits per heavy atom. The Kier molecular flexibility index (Phi) is 8.30. The summed E-state index contributed by atoms with van der Waals surface area (Å²) < 4.78 is 5.42. The van der Waals surface area contributed by atoms with Crippen LogP contribution in [0.1, 0.15) is 46.6 Å². The van der Waals surface area contributed by atoms with Gasteiger partial charge in [-0.05, 0) is 58.3 Å². The molecule has 3 rings (SSSR count). The summed E-state index contributed by atoms with van der Waals surface area (Å²) in [5, 5.41) is 14.4. The molecular formula is C21H29N5O3S. The first-order chi connectivity index (χ1) is 14.5. The highest BCUT2D eigenvalue weighted by molar-refractivity contribution is 7.13. The molecule has 162 valence electrons. The van der Waals surface area contributed by atoms with E-state index in [0.29, 0.717) is 23.3 Å². The zero-order valence-corrected chi connectivity index (χ0v) is 18.3. The Morgan fingerprint density at radius 1 is 1.20 bits per heavy atom. The molecular weight excluding hydrogens is 402 g/mol. The van der Waals surface area contributed by atoms with Crippen molar-refractivity contribution in [3.8, 4) is 0 Å². The topological polar surface area (TPSA) is 96.5 Å². The number of anilines is 1. The van der Waals surface area contributed by atoms with E-state index in [9.17, 15) is 9.59 Å². The highest BCUT2D eigenvalue weighted by Crippen LogP contribution is 2.15. The third-order valence-corrected chi connectivity index (χ3v) is 5.97. The molecule has 9 heteroatoms. The SMILES string of the molecule is Cc1ccc(NC(=O)c2nnc(COCC(=O)NCCC(C)N3CCCC3)s2)cc1. The van der Waals surface area contributed by atoms with Gasteiger partial charge in [0.15, 0.2) is 0 Å². The van der Waals surface area contributed by atoms with Gasteiger partial charge in [-0.3, -0.25) is 9.59 Å². The zero-order chi connectivity index (χ0) is 21.3. The molecule has 0 radical (unpaired) electrons. The van der Waals surface area contributed by atoms with Crippen molar-refractivity contribution in [2.75, 3.05) is 31.6 Å². The fraction of sp³-hybridized carbons (Fsp3) is 0.524. The number of carbonyl (C=O) groups excluding carboxylic acids is 2. The van der Waals surface area contributed by atoms with Gasteiger partial charge in [-0.25, -0.2) is 0 Å². The summed E-state index contributed by atoms with van der Waals surface area (Å²) in [5.41, 5.74) is 1.82. The Bertz CT molecular complexity index is 833. The molecule has 30 heavy (non-hydrogen) atoms. The molecule has 2 N–H and O–H groups in total. The molecule has 0 bridgehead atoms. The molecule has 1 unspecified atom stereocenters. The lowest BCUT2D eigenvalue weighted by Crippen LogP contribution is -2.35. The third-order valence-electron chi connectivity index (χ3n) is 5.08. The van der Waals surface area contributed by atoms with Crippen molar-refractivity contribution < 1.29 is 14.3 Å². The molecule has 1 fully saturated rings. The van der Waals surface area contributed by atoms with Crippen LogP contribution in [0.15, 0.2) is 24.3 Å². The van der Waals surface area contributed by atoms with Crippen LogP contribution in [0.2, 0.25) is 0 Å². The van der Waals surface area contributed by atoms with E-state index in [1.165, 1.54) is 12.8 Å². The van der Waals surface area contributed by atoms with E-state index in [-0.39, 0.29) is 30.0 Å². The normalized spacial score (nSPS) is 15.1. The van der Waals surface area contributed by atoms with Gasteiger partial charge < -0.3 is 20.3 Å². The van der Waals surface area contributed by atoms with Crippen molar-refractivity contribution in [1.29, 1.82) is 0 Å². The van der Waals surface area contributed by atoms with E-state index in [2.05, 4.69) is 32.7 Å². The molecule has 2 amide bonds. The van der Waals surface area contributed by atoms with Crippen molar-refractivity contribution in [3.63, 3.8) is 0 Å². The minimum Gasteiger partial charge on any atom is -0.364 e. The smallest absolute Gasteiger partial charge is 0.286 e. The highest BCUT2D eigenvalue weighted by Gasteiger charge is 2.18. The van der Waals surface area contributed by atoms with E-state index < -0.39 is 0 Å². The minimum absolute atomic E-state index is 0.0391. The monoisotopic (exact) mass is 431 g/mol. The van der Waals surface area contributed by atoms with Crippen LogP contribution in [0.25, 0.3) is 0 Å². The van der Waals surface area contributed by atoms with Gasteiger partial charge in [0.2, 0.25) is 10.9 Å². The number of hydrogen-bond donors (Lipinski definition) is 2. The van der Waals surface area contributed by atoms with E-state index in [1.54, 1.807) is 0 Å². The van der Waals surface area contributed by atoms with E-state index in [1.807, 2.05) is 31.2 Å². The first-order valence-corrected chi connectivity index (χ1v) is 11.1. The molecule has 1 aromatic heterocycles. The quantitative estimate of drug-likeness (QED) is 0.600. The molecule has 0 spiro atoms. The number of amides is 2. The minimum atomic E-state index is -0.313. The van der Waals surface area contributed by atoms with Gasteiger partial charge >= 0.3 is 0 Å². The van der Waals surface area contributed by atoms with Crippen molar-refractivity contribution in [1.82, 2.24) is 20.4 Å². The molecule has 1 aromatic carbocycles.